The van der Waals surface area contributed by atoms with Crippen LogP contribution in [-0.2, 0) is 16.3 Å². The Hall–Kier alpha value is -1.49. The SMILES string of the molecule is C=C(C)c1cc(N[SH](=O)=O)cc(C(C)(C)C)c1O. The summed E-state index contributed by atoms with van der Waals surface area (Å²) in [5.41, 5.74) is 2.07. The fourth-order valence-corrected chi connectivity index (χ4v) is 2.04. The summed E-state index contributed by atoms with van der Waals surface area (Å²) in [6, 6.07) is 3.23. The quantitative estimate of drug-likeness (QED) is 0.584. The van der Waals surface area contributed by atoms with Crippen LogP contribution in [0.1, 0.15) is 38.8 Å². The average Bonchev–Trinajstić information content (AvgIpc) is 2.17. The van der Waals surface area contributed by atoms with Gasteiger partial charge >= 0.3 is 0 Å². The third-order valence-electron chi connectivity index (χ3n) is 2.60. The van der Waals surface area contributed by atoms with Crippen LogP contribution in [0.15, 0.2) is 18.7 Å². The van der Waals surface area contributed by atoms with Gasteiger partial charge in [-0.3, -0.25) is 4.72 Å². The molecule has 1 aromatic carbocycles. The highest BCUT2D eigenvalue weighted by Gasteiger charge is 2.21. The third-order valence-corrected chi connectivity index (χ3v) is 3.04. The van der Waals surface area contributed by atoms with Gasteiger partial charge in [0.15, 0.2) is 0 Å². The van der Waals surface area contributed by atoms with E-state index in [0.717, 1.165) is 0 Å². The Bertz CT molecular complexity index is 546. The summed E-state index contributed by atoms with van der Waals surface area (Å²) in [4.78, 5) is 0. The molecule has 2 N–H and O–H groups in total. The molecule has 0 unspecified atom stereocenters. The van der Waals surface area contributed by atoms with Crippen LogP contribution < -0.4 is 4.72 Å². The fraction of sp³-hybridized carbons (Fsp3) is 0.385. The van der Waals surface area contributed by atoms with Crippen LogP contribution in [0.5, 0.6) is 5.75 Å². The monoisotopic (exact) mass is 269 g/mol. The molecule has 0 aliphatic rings. The smallest absolute Gasteiger partial charge is 0.222 e. The van der Waals surface area contributed by atoms with E-state index >= 15 is 0 Å². The predicted molar refractivity (Wildman–Crippen MR) is 75.5 cm³/mol. The highest BCUT2D eigenvalue weighted by molar-refractivity contribution is 7.73. The summed E-state index contributed by atoms with van der Waals surface area (Å²) in [6.45, 7) is 11.4. The Balaban J connectivity index is 3.51. The minimum Gasteiger partial charge on any atom is -0.507 e. The van der Waals surface area contributed by atoms with Gasteiger partial charge < -0.3 is 5.11 Å². The van der Waals surface area contributed by atoms with Gasteiger partial charge in [-0.2, -0.15) is 0 Å². The Labute approximate surface area is 109 Å². The van der Waals surface area contributed by atoms with E-state index in [0.29, 0.717) is 22.4 Å². The molecule has 0 aromatic heterocycles. The van der Waals surface area contributed by atoms with E-state index in [4.69, 9.17) is 0 Å². The molecule has 0 spiro atoms. The molecule has 0 saturated heterocycles. The second-order valence-electron chi connectivity index (χ2n) is 5.32. The number of hydrogen-bond acceptors (Lipinski definition) is 3. The van der Waals surface area contributed by atoms with Gasteiger partial charge in [0.05, 0.1) is 0 Å². The minimum atomic E-state index is -2.73. The average molecular weight is 269 g/mol. The molecule has 1 rings (SSSR count). The normalized spacial score (nSPS) is 11.6. The second-order valence-corrected chi connectivity index (χ2v) is 6.06. The van der Waals surface area contributed by atoms with Gasteiger partial charge in [-0.1, -0.05) is 27.4 Å². The third kappa shape index (κ3) is 3.26. The number of allylic oxidation sites excluding steroid dienone is 1. The van der Waals surface area contributed by atoms with Gasteiger partial charge in [0, 0.05) is 16.8 Å². The van der Waals surface area contributed by atoms with E-state index in [1.54, 1.807) is 19.1 Å². The molecule has 0 heterocycles. The van der Waals surface area contributed by atoms with Crippen molar-refractivity contribution in [2.75, 3.05) is 4.72 Å². The molecule has 0 atom stereocenters. The lowest BCUT2D eigenvalue weighted by Crippen LogP contribution is -2.13. The molecule has 18 heavy (non-hydrogen) atoms. The largest absolute Gasteiger partial charge is 0.507 e. The topological polar surface area (TPSA) is 66.4 Å². The number of hydrogen-bond donors (Lipinski definition) is 3. The lowest BCUT2D eigenvalue weighted by molar-refractivity contribution is 0.445. The molecular formula is C13H19NO3S. The van der Waals surface area contributed by atoms with Crippen LogP contribution >= 0.6 is 0 Å². The number of phenols is 1. The van der Waals surface area contributed by atoms with Crippen molar-refractivity contribution in [1.29, 1.82) is 0 Å². The van der Waals surface area contributed by atoms with Crippen molar-refractivity contribution in [3.05, 3.63) is 29.8 Å². The van der Waals surface area contributed by atoms with Crippen molar-refractivity contribution >= 4 is 22.2 Å². The maximum absolute atomic E-state index is 10.7. The Morgan fingerprint density at radius 2 is 1.89 bits per heavy atom. The van der Waals surface area contributed by atoms with E-state index in [1.165, 1.54) is 0 Å². The van der Waals surface area contributed by atoms with Crippen molar-refractivity contribution in [1.82, 2.24) is 0 Å². The number of benzene rings is 1. The molecule has 0 amide bonds. The molecule has 0 radical (unpaired) electrons. The Morgan fingerprint density at radius 3 is 2.28 bits per heavy atom. The summed E-state index contributed by atoms with van der Waals surface area (Å²) in [6.07, 6.45) is 0. The van der Waals surface area contributed by atoms with Gasteiger partial charge in [0.2, 0.25) is 10.9 Å². The summed E-state index contributed by atoms with van der Waals surface area (Å²) in [5.74, 6) is 0.154. The number of rotatable bonds is 3. The van der Waals surface area contributed by atoms with Gasteiger partial charge in [0.25, 0.3) is 0 Å². The van der Waals surface area contributed by atoms with Gasteiger partial charge in [-0.25, -0.2) is 8.42 Å². The van der Waals surface area contributed by atoms with Crippen LogP contribution in [0, 0.1) is 0 Å². The molecule has 0 fully saturated rings. The lowest BCUT2D eigenvalue weighted by Gasteiger charge is -2.23. The molecular weight excluding hydrogens is 250 g/mol. The van der Waals surface area contributed by atoms with Gasteiger partial charge in [-0.15, -0.1) is 0 Å². The molecule has 0 saturated carbocycles. The molecule has 100 valence electrons. The van der Waals surface area contributed by atoms with Crippen molar-refractivity contribution in [2.45, 2.75) is 33.1 Å². The first kappa shape index (κ1) is 14.6. The first-order valence-corrected chi connectivity index (χ1v) is 6.75. The number of aromatic hydroxyl groups is 1. The molecule has 4 nitrogen and oxygen atoms in total. The van der Waals surface area contributed by atoms with Crippen molar-refractivity contribution in [3.63, 3.8) is 0 Å². The first-order chi connectivity index (χ1) is 8.12. The first-order valence-electron chi connectivity index (χ1n) is 5.57. The summed E-state index contributed by atoms with van der Waals surface area (Å²) < 4.78 is 23.8. The maximum Gasteiger partial charge on any atom is 0.222 e. The van der Waals surface area contributed by atoms with Crippen molar-refractivity contribution in [3.8, 4) is 5.75 Å². The van der Waals surface area contributed by atoms with E-state index in [2.05, 4.69) is 11.3 Å². The van der Waals surface area contributed by atoms with Gasteiger partial charge in [0.1, 0.15) is 5.75 Å². The number of nitrogens with one attached hydrogen (secondary N) is 1. The Morgan fingerprint density at radius 1 is 1.33 bits per heavy atom. The molecule has 0 aliphatic heterocycles. The summed E-state index contributed by atoms with van der Waals surface area (Å²) in [7, 11) is -2.73. The highest BCUT2D eigenvalue weighted by atomic mass is 32.2. The van der Waals surface area contributed by atoms with E-state index in [1.807, 2.05) is 20.8 Å². The van der Waals surface area contributed by atoms with E-state index in [-0.39, 0.29) is 11.2 Å². The molecule has 0 aliphatic carbocycles. The maximum atomic E-state index is 10.7. The van der Waals surface area contributed by atoms with Crippen LogP contribution in [0.25, 0.3) is 5.57 Å². The zero-order chi connectivity index (χ0) is 14.1. The number of thiol groups is 1. The molecule has 1 aromatic rings. The van der Waals surface area contributed by atoms with Crippen molar-refractivity contribution in [2.24, 2.45) is 0 Å². The zero-order valence-electron chi connectivity index (χ0n) is 11.1. The summed E-state index contributed by atoms with van der Waals surface area (Å²) >= 11 is 0. The Kier molecular flexibility index (Phi) is 4.06. The molecule has 0 bridgehead atoms. The lowest BCUT2D eigenvalue weighted by atomic mass is 9.84. The minimum absolute atomic E-state index is 0.154. The van der Waals surface area contributed by atoms with Crippen LogP contribution in [-0.4, -0.2) is 13.5 Å². The number of anilines is 1. The zero-order valence-corrected chi connectivity index (χ0v) is 12.0. The highest BCUT2D eigenvalue weighted by Crippen LogP contribution is 2.38. The standard InChI is InChI=1S/C13H19NO3S/c1-8(2)10-6-9(14-18(16)17)7-11(12(10)15)13(3,4)5/h6-7,15,18H,1H2,2-5H3,(H,14,16,17). The van der Waals surface area contributed by atoms with E-state index in [9.17, 15) is 13.5 Å². The van der Waals surface area contributed by atoms with Crippen LogP contribution in [0.3, 0.4) is 0 Å². The van der Waals surface area contributed by atoms with Crippen molar-refractivity contribution < 1.29 is 13.5 Å². The predicted octanol–water partition coefficient (Wildman–Crippen LogP) is 2.66. The number of phenolic OH excluding ortho intramolecular Hbond substituents is 1. The second kappa shape index (κ2) is 5.02. The fourth-order valence-electron chi connectivity index (χ4n) is 1.70. The van der Waals surface area contributed by atoms with Gasteiger partial charge in [-0.05, 0) is 30.0 Å². The van der Waals surface area contributed by atoms with E-state index < -0.39 is 10.9 Å². The molecule has 5 heteroatoms. The summed E-state index contributed by atoms with van der Waals surface area (Å²) in [5, 5.41) is 10.2. The van der Waals surface area contributed by atoms with Crippen LogP contribution in [0.4, 0.5) is 5.69 Å². The van der Waals surface area contributed by atoms with Crippen LogP contribution in [0.2, 0.25) is 0 Å².